The Morgan fingerprint density at radius 3 is 2.60 bits per heavy atom. The molecule has 2 heterocycles. The molecule has 0 saturated carbocycles. The standard InChI is InChI=1S/C15H15BrN2O2/c16-14-9-13(20-15(14)18-7-1-2-8-18)10-17-11-3-5-12(19)6-4-11/h3-6,9-10,19H,1-2,7-8H2. The first-order valence-corrected chi connectivity index (χ1v) is 7.39. The Labute approximate surface area is 125 Å². The summed E-state index contributed by atoms with van der Waals surface area (Å²) in [6.45, 7) is 2.08. The number of anilines is 1. The van der Waals surface area contributed by atoms with E-state index in [1.165, 1.54) is 12.8 Å². The van der Waals surface area contributed by atoms with Gasteiger partial charge < -0.3 is 14.4 Å². The van der Waals surface area contributed by atoms with E-state index < -0.39 is 0 Å². The molecule has 1 aliphatic heterocycles. The molecule has 5 heteroatoms. The third-order valence-corrected chi connectivity index (χ3v) is 3.84. The lowest BCUT2D eigenvalue weighted by atomic mass is 10.3. The number of phenolic OH excluding ortho intramolecular Hbond substituents is 1. The molecule has 1 aromatic heterocycles. The maximum absolute atomic E-state index is 9.22. The Hall–Kier alpha value is -1.75. The van der Waals surface area contributed by atoms with E-state index in [1.54, 1.807) is 30.5 Å². The van der Waals surface area contributed by atoms with Gasteiger partial charge >= 0.3 is 0 Å². The van der Waals surface area contributed by atoms with Crippen molar-refractivity contribution in [2.24, 2.45) is 4.99 Å². The molecule has 1 aliphatic rings. The van der Waals surface area contributed by atoms with Gasteiger partial charge in [-0.05, 0) is 53.0 Å². The maximum Gasteiger partial charge on any atom is 0.210 e. The molecule has 104 valence electrons. The Morgan fingerprint density at radius 2 is 1.90 bits per heavy atom. The third kappa shape index (κ3) is 2.88. The highest BCUT2D eigenvalue weighted by Crippen LogP contribution is 2.32. The van der Waals surface area contributed by atoms with Gasteiger partial charge in [0.2, 0.25) is 5.88 Å². The van der Waals surface area contributed by atoms with Gasteiger partial charge in [0.1, 0.15) is 11.5 Å². The third-order valence-electron chi connectivity index (χ3n) is 3.27. The Kier molecular flexibility index (Phi) is 3.78. The monoisotopic (exact) mass is 334 g/mol. The van der Waals surface area contributed by atoms with Gasteiger partial charge in [-0.15, -0.1) is 0 Å². The minimum absolute atomic E-state index is 0.237. The van der Waals surface area contributed by atoms with Crippen LogP contribution in [0.4, 0.5) is 11.6 Å². The van der Waals surface area contributed by atoms with Crippen LogP contribution < -0.4 is 4.90 Å². The summed E-state index contributed by atoms with van der Waals surface area (Å²) in [5.74, 6) is 1.84. The Balaban J connectivity index is 1.77. The van der Waals surface area contributed by atoms with Crippen LogP contribution in [-0.2, 0) is 0 Å². The van der Waals surface area contributed by atoms with Crippen molar-refractivity contribution in [3.63, 3.8) is 0 Å². The molecule has 1 N–H and O–H groups in total. The molecule has 0 unspecified atom stereocenters. The predicted molar refractivity (Wildman–Crippen MR) is 83.2 cm³/mol. The number of phenols is 1. The molecule has 1 fully saturated rings. The highest BCUT2D eigenvalue weighted by molar-refractivity contribution is 9.10. The molecular weight excluding hydrogens is 320 g/mol. The second-order valence-electron chi connectivity index (χ2n) is 4.77. The lowest BCUT2D eigenvalue weighted by Crippen LogP contribution is -2.17. The van der Waals surface area contributed by atoms with Gasteiger partial charge in [0, 0.05) is 19.2 Å². The summed E-state index contributed by atoms with van der Waals surface area (Å²) in [5, 5.41) is 9.22. The highest BCUT2D eigenvalue weighted by Gasteiger charge is 2.19. The molecule has 0 amide bonds. The molecule has 2 aromatic rings. The van der Waals surface area contributed by atoms with Crippen LogP contribution in [0.3, 0.4) is 0 Å². The number of hydrogen-bond donors (Lipinski definition) is 1. The van der Waals surface area contributed by atoms with Crippen LogP contribution in [0.25, 0.3) is 0 Å². The van der Waals surface area contributed by atoms with Crippen molar-refractivity contribution in [3.8, 4) is 5.75 Å². The topological polar surface area (TPSA) is 49.0 Å². The van der Waals surface area contributed by atoms with Gasteiger partial charge in [0.15, 0.2) is 0 Å². The Morgan fingerprint density at radius 1 is 1.20 bits per heavy atom. The number of aliphatic imine (C=N–C) groups is 1. The van der Waals surface area contributed by atoms with Gasteiger partial charge in [0.05, 0.1) is 16.4 Å². The minimum Gasteiger partial charge on any atom is -0.508 e. The molecule has 0 aliphatic carbocycles. The summed E-state index contributed by atoms with van der Waals surface area (Å²) < 4.78 is 6.79. The molecule has 0 radical (unpaired) electrons. The van der Waals surface area contributed by atoms with Crippen molar-refractivity contribution in [2.45, 2.75) is 12.8 Å². The molecular formula is C15H15BrN2O2. The van der Waals surface area contributed by atoms with Crippen molar-refractivity contribution in [1.82, 2.24) is 0 Å². The van der Waals surface area contributed by atoms with Crippen LogP contribution in [0.1, 0.15) is 18.6 Å². The molecule has 0 bridgehead atoms. The van der Waals surface area contributed by atoms with Crippen LogP contribution in [0.5, 0.6) is 5.75 Å². The fourth-order valence-corrected chi connectivity index (χ4v) is 2.81. The molecule has 20 heavy (non-hydrogen) atoms. The second-order valence-corrected chi connectivity index (χ2v) is 5.62. The zero-order valence-electron chi connectivity index (χ0n) is 10.9. The van der Waals surface area contributed by atoms with Gasteiger partial charge in [-0.2, -0.15) is 0 Å². The van der Waals surface area contributed by atoms with E-state index in [9.17, 15) is 5.11 Å². The summed E-state index contributed by atoms with van der Waals surface area (Å²) in [5.41, 5.74) is 0.776. The average Bonchev–Trinajstić information content (AvgIpc) is 3.07. The van der Waals surface area contributed by atoms with Crippen LogP contribution in [0.2, 0.25) is 0 Å². The van der Waals surface area contributed by atoms with Crippen LogP contribution in [-0.4, -0.2) is 24.4 Å². The number of hydrogen-bond acceptors (Lipinski definition) is 4. The van der Waals surface area contributed by atoms with E-state index in [0.29, 0.717) is 5.76 Å². The second kappa shape index (κ2) is 5.71. The van der Waals surface area contributed by atoms with Crippen molar-refractivity contribution < 1.29 is 9.52 Å². The van der Waals surface area contributed by atoms with E-state index in [2.05, 4.69) is 25.8 Å². The normalized spacial score (nSPS) is 15.3. The number of rotatable bonds is 3. The number of nitrogens with zero attached hydrogens (tertiary/aromatic N) is 2. The van der Waals surface area contributed by atoms with Crippen molar-refractivity contribution in [1.29, 1.82) is 0 Å². The first kappa shape index (κ1) is 13.2. The van der Waals surface area contributed by atoms with Gasteiger partial charge in [-0.3, -0.25) is 4.99 Å². The molecule has 1 saturated heterocycles. The summed E-state index contributed by atoms with van der Waals surface area (Å²) in [6, 6.07) is 8.66. The summed E-state index contributed by atoms with van der Waals surface area (Å²) in [6.07, 6.45) is 4.12. The molecule has 4 nitrogen and oxygen atoms in total. The first-order valence-electron chi connectivity index (χ1n) is 6.60. The number of benzene rings is 1. The van der Waals surface area contributed by atoms with E-state index in [4.69, 9.17) is 4.42 Å². The lowest BCUT2D eigenvalue weighted by molar-refractivity contribution is 0.475. The minimum atomic E-state index is 0.237. The largest absolute Gasteiger partial charge is 0.508 e. The van der Waals surface area contributed by atoms with Crippen LogP contribution >= 0.6 is 15.9 Å². The fourth-order valence-electron chi connectivity index (χ4n) is 2.25. The number of aromatic hydroxyl groups is 1. The van der Waals surface area contributed by atoms with Gasteiger partial charge in [0.25, 0.3) is 0 Å². The molecule has 0 atom stereocenters. The van der Waals surface area contributed by atoms with Crippen LogP contribution in [0.15, 0.2) is 44.2 Å². The fraction of sp³-hybridized carbons (Fsp3) is 0.267. The zero-order valence-corrected chi connectivity index (χ0v) is 12.5. The molecule has 0 spiro atoms. The Bertz CT molecular complexity index is 613. The van der Waals surface area contributed by atoms with Crippen LogP contribution in [0, 0.1) is 0 Å². The smallest absolute Gasteiger partial charge is 0.210 e. The number of halogens is 1. The predicted octanol–water partition coefficient (Wildman–Crippen LogP) is 4.10. The quantitative estimate of drug-likeness (QED) is 0.859. The van der Waals surface area contributed by atoms with E-state index >= 15 is 0 Å². The number of furan rings is 1. The summed E-state index contributed by atoms with van der Waals surface area (Å²) >= 11 is 3.53. The van der Waals surface area contributed by atoms with E-state index in [1.807, 2.05) is 6.07 Å². The first-order chi connectivity index (χ1) is 9.72. The summed E-state index contributed by atoms with van der Waals surface area (Å²) in [7, 11) is 0. The summed E-state index contributed by atoms with van der Waals surface area (Å²) in [4.78, 5) is 6.57. The SMILES string of the molecule is Oc1ccc(N=Cc2cc(Br)c(N3CCCC3)o2)cc1. The van der Waals surface area contributed by atoms with E-state index in [0.717, 1.165) is 29.1 Å². The van der Waals surface area contributed by atoms with Crippen molar-refractivity contribution in [2.75, 3.05) is 18.0 Å². The zero-order chi connectivity index (χ0) is 13.9. The lowest BCUT2D eigenvalue weighted by Gasteiger charge is -2.13. The molecule has 1 aromatic carbocycles. The van der Waals surface area contributed by atoms with E-state index in [-0.39, 0.29) is 5.75 Å². The molecule has 3 rings (SSSR count). The highest BCUT2D eigenvalue weighted by atomic mass is 79.9. The van der Waals surface area contributed by atoms with Crippen molar-refractivity contribution >= 4 is 33.7 Å². The van der Waals surface area contributed by atoms with Gasteiger partial charge in [-0.25, -0.2) is 0 Å². The van der Waals surface area contributed by atoms with Gasteiger partial charge in [-0.1, -0.05) is 0 Å². The average molecular weight is 335 g/mol. The van der Waals surface area contributed by atoms with Crippen molar-refractivity contribution in [3.05, 3.63) is 40.6 Å². The maximum atomic E-state index is 9.22.